The van der Waals surface area contributed by atoms with Gasteiger partial charge in [-0.3, -0.25) is 0 Å². The van der Waals surface area contributed by atoms with Crippen molar-refractivity contribution in [1.82, 2.24) is 0 Å². The molecule has 0 aliphatic rings. The number of aromatic hydroxyl groups is 1. The lowest BCUT2D eigenvalue weighted by Gasteiger charge is -2.07. The molecule has 3 nitrogen and oxygen atoms in total. The van der Waals surface area contributed by atoms with Crippen LogP contribution in [-0.2, 0) is 12.8 Å². The van der Waals surface area contributed by atoms with E-state index in [2.05, 4.69) is 0 Å². The topological polar surface area (TPSA) is 49.7 Å². The first kappa shape index (κ1) is 13.4. The summed E-state index contributed by atoms with van der Waals surface area (Å²) < 4.78 is 5.64. The Morgan fingerprint density at radius 3 is 2.37 bits per heavy atom. The molecule has 0 fully saturated rings. The molecular weight excluding hydrogens is 240 g/mol. The maximum atomic E-state index is 9.35. The molecule has 0 saturated carbocycles. The van der Waals surface area contributed by atoms with E-state index in [0.29, 0.717) is 13.0 Å². The fourth-order valence-electron chi connectivity index (χ4n) is 1.88. The van der Waals surface area contributed by atoms with Gasteiger partial charge in [-0.2, -0.15) is 0 Å². The summed E-state index contributed by atoms with van der Waals surface area (Å²) in [7, 11) is 0. The van der Waals surface area contributed by atoms with Crippen LogP contribution >= 0.6 is 0 Å². The Balaban J connectivity index is 1.82. The molecule has 0 unspecified atom stereocenters. The van der Waals surface area contributed by atoms with E-state index in [1.807, 2.05) is 36.4 Å². The third-order valence-electron chi connectivity index (χ3n) is 2.89. The fraction of sp³-hybridized carbons (Fsp3) is 0.250. The van der Waals surface area contributed by atoms with Gasteiger partial charge in [0, 0.05) is 13.0 Å². The molecule has 3 heteroatoms. The Labute approximate surface area is 113 Å². The molecule has 0 atom stereocenters. The lowest BCUT2D eigenvalue weighted by Crippen LogP contribution is -2.01. The number of hydrogen-bond acceptors (Lipinski definition) is 3. The maximum absolute atomic E-state index is 9.35. The summed E-state index contributed by atoms with van der Waals surface area (Å²) in [6.45, 7) is 0.737. The van der Waals surface area contributed by atoms with Crippen LogP contribution in [0.1, 0.15) is 11.1 Å². The molecule has 0 bridgehead atoms. The smallest absolute Gasteiger partial charge is 0.119 e. The minimum absolute atomic E-state index is 0.164. The van der Waals surface area contributed by atoms with Crippen molar-refractivity contribution in [2.75, 3.05) is 13.2 Å². The summed E-state index contributed by atoms with van der Waals surface area (Å²) >= 11 is 0. The Morgan fingerprint density at radius 1 is 0.895 bits per heavy atom. The molecule has 0 heterocycles. The van der Waals surface area contributed by atoms with E-state index < -0.39 is 0 Å². The van der Waals surface area contributed by atoms with Crippen molar-refractivity contribution >= 4 is 0 Å². The fourth-order valence-corrected chi connectivity index (χ4v) is 1.88. The minimum Gasteiger partial charge on any atom is -0.508 e. The van der Waals surface area contributed by atoms with Gasteiger partial charge >= 0.3 is 0 Å². The van der Waals surface area contributed by atoms with Gasteiger partial charge in [0.2, 0.25) is 0 Å². The Morgan fingerprint density at radius 2 is 1.68 bits per heavy atom. The van der Waals surface area contributed by atoms with Crippen LogP contribution in [0.5, 0.6) is 11.5 Å². The van der Waals surface area contributed by atoms with Crippen LogP contribution in [0.25, 0.3) is 0 Å². The van der Waals surface area contributed by atoms with Crippen LogP contribution in [0.3, 0.4) is 0 Å². The molecule has 0 aromatic heterocycles. The Kier molecular flexibility index (Phi) is 4.81. The summed E-state index contributed by atoms with van der Waals surface area (Å²) in [5, 5.41) is 18.2. The molecule has 19 heavy (non-hydrogen) atoms. The predicted octanol–water partition coefficient (Wildman–Crippen LogP) is 2.55. The highest BCUT2D eigenvalue weighted by Crippen LogP contribution is 2.14. The van der Waals surface area contributed by atoms with Crippen LogP contribution in [-0.4, -0.2) is 23.4 Å². The molecular formula is C16H18O3. The lowest BCUT2D eigenvalue weighted by atomic mass is 10.1. The van der Waals surface area contributed by atoms with Crippen LogP contribution in [0, 0.1) is 0 Å². The van der Waals surface area contributed by atoms with Gasteiger partial charge in [0.15, 0.2) is 0 Å². The number of hydrogen-bond donors (Lipinski definition) is 2. The highest BCUT2D eigenvalue weighted by molar-refractivity contribution is 5.29. The molecule has 0 radical (unpaired) electrons. The first-order valence-corrected chi connectivity index (χ1v) is 6.38. The predicted molar refractivity (Wildman–Crippen MR) is 74.5 cm³/mol. The summed E-state index contributed by atoms with van der Waals surface area (Å²) in [6, 6.07) is 14.9. The first-order chi connectivity index (χ1) is 9.28. The molecule has 0 amide bonds. The first-order valence-electron chi connectivity index (χ1n) is 6.38. The molecule has 2 aromatic carbocycles. The van der Waals surface area contributed by atoms with Crippen molar-refractivity contribution in [2.45, 2.75) is 12.8 Å². The number of ether oxygens (including phenoxy) is 1. The van der Waals surface area contributed by atoms with E-state index in [0.717, 1.165) is 23.3 Å². The van der Waals surface area contributed by atoms with E-state index in [-0.39, 0.29) is 12.4 Å². The number of phenolic OH excluding ortho intramolecular Hbond substituents is 1. The van der Waals surface area contributed by atoms with Crippen LogP contribution in [0.4, 0.5) is 0 Å². The lowest BCUT2D eigenvalue weighted by molar-refractivity contribution is 0.299. The molecule has 0 aliphatic carbocycles. The number of aliphatic hydroxyl groups is 1. The van der Waals surface area contributed by atoms with E-state index in [4.69, 9.17) is 9.84 Å². The van der Waals surface area contributed by atoms with Crippen LogP contribution in [0.15, 0.2) is 48.5 Å². The molecule has 0 saturated heterocycles. The second-order valence-corrected chi connectivity index (χ2v) is 4.39. The number of phenols is 1. The standard InChI is InChI=1S/C16H18O3/c17-10-8-13-4-6-16(7-5-13)19-11-9-14-2-1-3-15(18)12-14/h1-7,12,17-18H,8-11H2. The summed E-state index contributed by atoms with van der Waals surface area (Å²) in [5.74, 6) is 1.10. The second kappa shape index (κ2) is 6.81. The van der Waals surface area contributed by atoms with E-state index in [9.17, 15) is 5.11 Å². The SMILES string of the molecule is OCCc1ccc(OCCc2cccc(O)c2)cc1. The van der Waals surface area contributed by atoms with Gasteiger partial charge in [-0.05, 0) is 41.8 Å². The second-order valence-electron chi connectivity index (χ2n) is 4.39. The zero-order valence-corrected chi connectivity index (χ0v) is 10.7. The molecule has 2 N–H and O–H groups in total. The molecule has 0 aliphatic heterocycles. The maximum Gasteiger partial charge on any atom is 0.119 e. The summed E-state index contributed by atoms with van der Waals surface area (Å²) in [6.07, 6.45) is 1.43. The zero-order valence-electron chi connectivity index (χ0n) is 10.7. The van der Waals surface area contributed by atoms with Crippen molar-refractivity contribution < 1.29 is 14.9 Å². The van der Waals surface area contributed by atoms with Gasteiger partial charge in [0.1, 0.15) is 11.5 Å². The third-order valence-corrected chi connectivity index (χ3v) is 2.89. The van der Waals surface area contributed by atoms with Crippen molar-refractivity contribution in [1.29, 1.82) is 0 Å². The normalized spacial score (nSPS) is 10.4. The summed E-state index contributed by atoms with van der Waals surface area (Å²) in [4.78, 5) is 0. The van der Waals surface area contributed by atoms with Crippen molar-refractivity contribution in [3.63, 3.8) is 0 Å². The van der Waals surface area contributed by atoms with E-state index >= 15 is 0 Å². The van der Waals surface area contributed by atoms with Gasteiger partial charge in [-0.1, -0.05) is 24.3 Å². The van der Waals surface area contributed by atoms with E-state index in [1.54, 1.807) is 12.1 Å². The monoisotopic (exact) mass is 258 g/mol. The average Bonchev–Trinajstić information content (AvgIpc) is 2.41. The van der Waals surface area contributed by atoms with Crippen LogP contribution < -0.4 is 4.74 Å². The largest absolute Gasteiger partial charge is 0.508 e. The van der Waals surface area contributed by atoms with Crippen molar-refractivity contribution in [3.05, 3.63) is 59.7 Å². The zero-order chi connectivity index (χ0) is 13.5. The van der Waals surface area contributed by atoms with Gasteiger partial charge < -0.3 is 14.9 Å². The number of rotatable bonds is 6. The average molecular weight is 258 g/mol. The molecule has 0 spiro atoms. The molecule has 100 valence electrons. The van der Waals surface area contributed by atoms with Gasteiger partial charge in [0.05, 0.1) is 6.61 Å². The van der Waals surface area contributed by atoms with Gasteiger partial charge in [-0.15, -0.1) is 0 Å². The third kappa shape index (κ3) is 4.30. The van der Waals surface area contributed by atoms with Gasteiger partial charge in [-0.25, -0.2) is 0 Å². The van der Waals surface area contributed by atoms with Crippen molar-refractivity contribution in [3.8, 4) is 11.5 Å². The quantitative estimate of drug-likeness (QED) is 0.837. The molecule has 2 aromatic rings. The Bertz CT molecular complexity index is 506. The Hall–Kier alpha value is -2.00. The highest BCUT2D eigenvalue weighted by atomic mass is 16.5. The van der Waals surface area contributed by atoms with Crippen LogP contribution in [0.2, 0.25) is 0 Å². The van der Waals surface area contributed by atoms with E-state index in [1.165, 1.54) is 0 Å². The number of benzene rings is 2. The highest BCUT2D eigenvalue weighted by Gasteiger charge is 1.98. The van der Waals surface area contributed by atoms with Crippen molar-refractivity contribution in [2.24, 2.45) is 0 Å². The molecule has 2 rings (SSSR count). The number of aliphatic hydroxyl groups excluding tert-OH is 1. The summed E-state index contributed by atoms with van der Waals surface area (Å²) in [5.41, 5.74) is 2.15. The van der Waals surface area contributed by atoms with Gasteiger partial charge in [0.25, 0.3) is 0 Å². The minimum atomic E-state index is 0.164.